The molecule has 1 heterocycles. The van der Waals surface area contributed by atoms with Gasteiger partial charge in [-0.25, -0.2) is 0 Å². The minimum absolute atomic E-state index is 0.124. The van der Waals surface area contributed by atoms with Crippen LogP contribution in [0.2, 0.25) is 0 Å². The third kappa shape index (κ3) is 4.10. The van der Waals surface area contributed by atoms with Gasteiger partial charge in [0.05, 0.1) is 5.60 Å². The van der Waals surface area contributed by atoms with Crippen molar-refractivity contribution >= 4 is 21.8 Å². The first kappa shape index (κ1) is 16.6. The number of hydrogen-bond acceptors (Lipinski definition) is 2. The third-order valence-corrected chi connectivity index (χ3v) is 4.68. The Kier molecular flexibility index (Phi) is 5.15. The van der Waals surface area contributed by atoms with Gasteiger partial charge in [-0.05, 0) is 54.6 Å². The summed E-state index contributed by atoms with van der Waals surface area (Å²) in [5.41, 5.74) is -0.121. The Labute approximate surface area is 135 Å². The molecule has 2 rings (SSSR count). The van der Waals surface area contributed by atoms with Crippen LogP contribution in [-0.2, 0) is 0 Å². The largest absolute Gasteiger partial charge is 0.388 e. The third-order valence-electron chi connectivity index (χ3n) is 4.25. The molecular weight excluding hydrogens is 332 g/mol. The van der Waals surface area contributed by atoms with Gasteiger partial charge in [-0.3, -0.25) is 4.79 Å². The highest BCUT2D eigenvalue weighted by Gasteiger charge is 2.33. The number of nitrogens with zero attached hydrogens (tertiary/aromatic N) is 1. The van der Waals surface area contributed by atoms with Crippen LogP contribution in [0.5, 0.6) is 0 Å². The lowest BCUT2D eigenvalue weighted by Crippen LogP contribution is -2.46. The van der Waals surface area contributed by atoms with Gasteiger partial charge in [0, 0.05) is 23.3 Å². The number of carbonyl (C=O) groups excluding carboxylic acids is 1. The van der Waals surface area contributed by atoms with Crippen LogP contribution in [0.3, 0.4) is 0 Å². The van der Waals surface area contributed by atoms with E-state index in [1.54, 1.807) is 0 Å². The van der Waals surface area contributed by atoms with Gasteiger partial charge in [0.25, 0.3) is 5.91 Å². The van der Waals surface area contributed by atoms with Gasteiger partial charge < -0.3 is 15.0 Å². The Hall–Kier alpha value is -0.810. The van der Waals surface area contributed by atoms with E-state index in [9.17, 15) is 9.90 Å². The van der Waals surface area contributed by atoms with Crippen LogP contribution in [0.25, 0.3) is 0 Å². The first-order valence-corrected chi connectivity index (χ1v) is 8.48. The van der Waals surface area contributed by atoms with Gasteiger partial charge in [-0.15, -0.1) is 0 Å². The predicted octanol–water partition coefficient (Wildman–Crippen LogP) is 3.50. The molecule has 5 heteroatoms. The van der Waals surface area contributed by atoms with Crippen LogP contribution in [0.4, 0.5) is 0 Å². The summed E-state index contributed by atoms with van der Waals surface area (Å²) in [5.74, 6) is 0.398. The summed E-state index contributed by atoms with van der Waals surface area (Å²) in [7, 11) is 0. The summed E-state index contributed by atoms with van der Waals surface area (Å²) in [6.07, 6.45) is 5.65. The van der Waals surface area contributed by atoms with Crippen molar-refractivity contribution in [1.29, 1.82) is 0 Å². The molecule has 2 atom stereocenters. The van der Waals surface area contributed by atoms with E-state index in [1.807, 2.05) is 30.7 Å². The minimum Gasteiger partial charge on any atom is -0.388 e. The van der Waals surface area contributed by atoms with Crippen molar-refractivity contribution < 1.29 is 9.90 Å². The lowest BCUT2D eigenvalue weighted by Gasteiger charge is -2.35. The van der Waals surface area contributed by atoms with Gasteiger partial charge in [-0.1, -0.05) is 19.8 Å². The summed E-state index contributed by atoms with van der Waals surface area (Å²) in [6, 6.07) is 2.04. The van der Waals surface area contributed by atoms with E-state index in [4.69, 9.17) is 0 Å². The van der Waals surface area contributed by atoms with E-state index >= 15 is 0 Å². The Morgan fingerprint density at radius 3 is 2.95 bits per heavy atom. The lowest BCUT2D eigenvalue weighted by molar-refractivity contribution is -0.0110. The average Bonchev–Trinajstić information content (AvgIpc) is 2.78. The van der Waals surface area contributed by atoms with Gasteiger partial charge >= 0.3 is 0 Å². The van der Waals surface area contributed by atoms with E-state index in [0.29, 0.717) is 18.2 Å². The molecule has 1 saturated carbocycles. The monoisotopic (exact) mass is 356 g/mol. The smallest absolute Gasteiger partial charge is 0.268 e. The molecule has 0 spiro atoms. The molecule has 0 radical (unpaired) electrons. The Morgan fingerprint density at radius 2 is 2.33 bits per heavy atom. The van der Waals surface area contributed by atoms with Crippen molar-refractivity contribution in [1.82, 2.24) is 9.88 Å². The molecule has 0 saturated heterocycles. The molecule has 118 valence electrons. The fraction of sp³-hybridized carbons (Fsp3) is 0.688. The molecule has 1 amide bonds. The summed E-state index contributed by atoms with van der Waals surface area (Å²) >= 11 is 3.42. The Morgan fingerprint density at radius 1 is 1.62 bits per heavy atom. The van der Waals surface area contributed by atoms with Crippen molar-refractivity contribution in [2.75, 3.05) is 6.54 Å². The summed E-state index contributed by atoms with van der Waals surface area (Å²) < 4.78 is 2.83. The SMILES string of the molecule is CC1CCCC(O)(CNC(=O)c2cc(Br)cn2C(C)C)C1. The molecule has 21 heavy (non-hydrogen) atoms. The first-order chi connectivity index (χ1) is 9.81. The fourth-order valence-corrected chi connectivity index (χ4v) is 3.62. The van der Waals surface area contributed by atoms with Crippen LogP contribution in [0, 0.1) is 5.92 Å². The molecule has 1 aromatic rings. The quantitative estimate of drug-likeness (QED) is 0.867. The summed E-state index contributed by atoms with van der Waals surface area (Å²) in [4.78, 5) is 12.4. The van der Waals surface area contributed by atoms with Crippen LogP contribution >= 0.6 is 15.9 Å². The molecule has 4 nitrogen and oxygen atoms in total. The highest BCUT2D eigenvalue weighted by molar-refractivity contribution is 9.10. The zero-order valence-corrected chi connectivity index (χ0v) is 14.6. The van der Waals surface area contributed by atoms with Crippen LogP contribution < -0.4 is 5.32 Å². The highest BCUT2D eigenvalue weighted by atomic mass is 79.9. The van der Waals surface area contributed by atoms with Crippen molar-refractivity contribution in [3.05, 3.63) is 22.4 Å². The van der Waals surface area contributed by atoms with Crippen LogP contribution in [-0.4, -0.2) is 27.7 Å². The molecule has 1 aliphatic carbocycles. The lowest BCUT2D eigenvalue weighted by atomic mass is 9.79. The molecule has 0 bridgehead atoms. The summed E-state index contributed by atoms with van der Waals surface area (Å²) in [6.45, 7) is 6.57. The van der Waals surface area contributed by atoms with Gasteiger partial charge in [0.1, 0.15) is 5.69 Å². The highest BCUT2D eigenvalue weighted by Crippen LogP contribution is 2.31. The number of halogens is 1. The minimum atomic E-state index is -0.750. The Bertz CT molecular complexity index is 512. The number of rotatable bonds is 4. The van der Waals surface area contributed by atoms with Gasteiger partial charge in [-0.2, -0.15) is 0 Å². The molecule has 1 aromatic heterocycles. The normalized spacial score (nSPS) is 26.1. The maximum absolute atomic E-state index is 12.4. The average molecular weight is 357 g/mol. The molecule has 2 N–H and O–H groups in total. The number of aliphatic hydroxyl groups is 1. The zero-order chi connectivity index (χ0) is 15.6. The predicted molar refractivity (Wildman–Crippen MR) is 87.4 cm³/mol. The number of nitrogens with one attached hydrogen (secondary N) is 1. The maximum atomic E-state index is 12.4. The van der Waals surface area contributed by atoms with Crippen LogP contribution in [0.1, 0.15) is 63.0 Å². The van der Waals surface area contributed by atoms with Gasteiger partial charge in [0.2, 0.25) is 0 Å². The standard InChI is InChI=1S/C16H25BrN2O2/c1-11(2)19-9-13(17)7-14(19)15(20)18-10-16(21)6-4-5-12(3)8-16/h7,9,11-12,21H,4-6,8,10H2,1-3H3,(H,18,20). The van der Waals surface area contributed by atoms with E-state index in [1.165, 1.54) is 6.42 Å². The molecular formula is C16H25BrN2O2. The molecule has 1 fully saturated rings. The van der Waals surface area contributed by atoms with Crippen molar-refractivity contribution in [3.8, 4) is 0 Å². The maximum Gasteiger partial charge on any atom is 0.268 e. The zero-order valence-electron chi connectivity index (χ0n) is 13.0. The summed E-state index contributed by atoms with van der Waals surface area (Å²) in [5, 5.41) is 13.5. The van der Waals surface area contributed by atoms with E-state index < -0.39 is 5.60 Å². The second kappa shape index (κ2) is 6.53. The number of aromatic nitrogens is 1. The molecule has 0 aliphatic heterocycles. The van der Waals surface area contributed by atoms with Gasteiger partial charge in [0.15, 0.2) is 0 Å². The Balaban J connectivity index is 2.02. The van der Waals surface area contributed by atoms with Crippen LogP contribution in [0.15, 0.2) is 16.7 Å². The van der Waals surface area contributed by atoms with E-state index in [-0.39, 0.29) is 11.9 Å². The fourth-order valence-electron chi connectivity index (χ4n) is 3.18. The number of carbonyl (C=O) groups is 1. The second-order valence-corrected chi connectivity index (χ2v) is 7.57. The van der Waals surface area contributed by atoms with E-state index in [2.05, 4.69) is 28.2 Å². The second-order valence-electron chi connectivity index (χ2n) is 6.65. The van der Waals surface area contributed by atoms with E-state index in [0.717, 1.165) is 23.7 Å². The number of amides is 1. The van der Waals surface area contributed by atoms with Crippen molar-refractivity contribution in [2.45, 2.75) is 58.1 Å². The topological polar surface area (TPSA) is 54.3 Å². The van der Waals surface area contributed by atoms with Crippen molar-refractivity contribution in [3.63, 3.8) is 0 Å². The first-order valence-electron chi connectivity index (χ1n) is 7.69. The molecule has 1 aliphatic rings. The number of hydrogen-bond donors (Lipinski definition) is 2. The molecule has 2 unspecified atom stereocenters. The molecule has 0 aromatic carbocycles. The van der Waals surface area contributed by atoms with Crippen molar-refractivity contribution in [2.24, 2.45) is 5.92 Å².